The molecule has 2 heterocycles. The van der Waals surface area contributed by atoms with Gasteiger partial charge in [-0.1, -0.05) is 97.1 Å². The number of hydrogen-bond donors (Lipinski definition) is 0. The Kier molecular flexibility index (Phi) is 6.56. The highest BCUT2D eigenvalue weighted by molar-refractivity contribution is 6.11. The first-order valence-electron chi connectivity index (χ1n) is 16.2. The van der Waals surface area contributed by atoms with Crippen LogP contribution in [0.1, 0.15) is 5.56 Å². The molecule has 0 aliphatic carbocycles. The van der Waals surface area contributed by atoms with Gasteiger partial charge in [0.1, 0.15) is 0 Å². The summed E-state index contributed by atoms with van der Waals surface area (Å²) in [7, 11) is 0. The van der Waals surface area contributed by atoms with Gasteiger partial charge in [0.25, 0.3) is 0 Å². The average molecular weight is 636 g/mol. The first-order valence-corrected chi connectivity index (χ1v) is 16.2. The summed E-state index contributed by atoms with van der Waals surface area (Å²) in [5, 5.41) is 14.6. The molecule has 0 radical (unpaired) electrons. The summed E-state index contributed by atoms with van der Waals surface area (Å²) in [6.07, 6.45) is 0. The van der Waals surface area contributed by atoms with Crippen molar-refractivity contribution in [3.63, 3.8) is 0 Å². The summed E-state index contributed by atoms with van der Waals surface area (Å²) >= 11 is 0. The van der Waals surface area contributed by atoms with Gasteiger partial charge in [0.05, 0.1) is 46.8 Å². The van der Waals surface area contributed by atoms with Gasteiger partial charge in [-0.25, -0.2) is 9.69 Å². The van der Waals surface area contributed by atoms with Crippen LogP contribution in [-0.2, 0) is 0 Å². The molecule has 0 atom stereocenters. The third-order valence-electron chi connectivity index (χ3n) is 9.61. The van der Waals surface area contributed by atoms with Crippen molar-refractivity contribution in [1.29, 1.82) is 5.26 Å². The SMILES string of the molecule is [C-]#[N+]c1ccc2c(c1)c1ccccc1n2-c1cc([N+]#[C-])c(C#N)cc1-c1ccccc1-c1ccc(-n2c3ccccc3c3ccccc32)cc1. The fourth-order valence-electron chi connectivity index (χ4n) is 7.41. The summed E-state index contributed by atoms with van der Waals surface area (Å²) in [4.78, 5) is 7.45. The number of rotatable bonds is 4. The predicted octanol–water partition coefficient (Wildman–Crippen LogP) is 12.2. The zero-order valence-electron chi connectivity index (χ0n) is 26.7. The molecule has 5 nitrogen and oxygen atoms in total. The highest BCUT2D eigenvalue weighted by atomic mass is 15.0. The molecule has 0 saturated carbocycles. The van der Waals surface area contributed by atoms with Gasteiger partial charge in [0, 0.05) is 33.1 Å². The lowest BCUT2D eigenvalue weighted by molar-refractivity contribution is 1.18. The van der Waals surface area contributed by atoms with Crippen LogP contribution in [0.4, 0.5) is 11.4 Å². The maximum absolute atomic E-state index is 10.2. The van der Waals surface area contributed by atoms with Crippen LogP contribution >= 0.6 is 0 Å². The summed E-state index contributed by atoms with van der Waals surface area (Å²) in [6.45, 7) is 15.6. The van der Waals surface area contributed by atoms with E-state index >= 15 is 0 Å². The topological polar surface area (TPSA) is 42.4 Å². The van der Waals surface area contributed by atoms with Gasteiger partial charge in [0.15, 0.2) is 5.69 Å². The van der Waals surface area contributed by atoms with Crippen molar-refractivity contribution in [1.82, 2.24) is 9.13 Å². The van der Waals surface area contributed by atoms with Crippen LogP contribution in [-0.4, -0.2) is 9.13 Å². The van der Waals surface area contributed by atoms with E-state index in [0.29, 0.717) is 16.9 Å². The molecule has 0 saturated heterocycles. The van der Waals surface area contributed by atoms with Crippen molar-refractivity contribution in [3.05, 3.63) is 180 Å². The predicted molar refractivity (Wildman–Crippen MR) is 203 cm³/mol. The minimum atomic E-state index is 0.294. The van der Waals surface area contributed by atoms with Crippen molar-refractivity contribution in [2.24, 2.45) is 0 Å². The maximum Gasteiger partial charge on any atom is 0.206 e. The Hall–Kier alpha value is -7.39. The molecule has 0 aliphatic rings. The second kappa shape index (κ2) is 11.4. The quantitative estimate of drug-likeness (QED) is 0.177. The third kappa shape index (κ3) is 4.31. The van der Waals surface area contributed by atoms with E-state index in [0.717, 1.165) is 66.5 Å². The first kappa shape index (κ1) is 28.8. The Balaban J connectivity index is 1.26. The van der Waals surface area contributed by atoms with Crippen molar-refractivity contribution < 1.29 is 0 Å². The molecule has 0 amide bonds. The largest absolute Gasteiger partial charge is 0.310 e. The van der Waals surface area contributed by atoms with Crippen LogP contribution in [0.15, 0.2) is 152 Å². The molecule has 5 heteroatoms. The molecule has 0 unspecified atom stereocenters. The number of hydrogen-bond acceptors (Lipinski definition) is 1. The van der Waals surface area contributed by atoms with Crippen molar-refractivity contribution in [3.8, 4) is 39.7 Å². The lowest BCUT2D eigenvalue weighted by Crippen LogP contribution is -1.99. The van der Waals surface area contributed by atoms with E-state index in [1.54, 1.807) is 0 Å². The standard InChI is InChI=1S/C45H25N5/c1-47-31-21-24-44-39(26-31)37-15-7-10-18-43(37)50(44)45-27-40(48-2)30(28-46)25-38(45)34-12-4-3-11-33(34)29-19-22-32(23-20-29)49-41-16-8-5-13-35(41)36-14-6-9-17-42(36)49/h3-27H. The van der Waals surface area contributed by atoms with Crippen LogP contribution in [0.25, 0.3) is 86.9 Å². The summed E-state index contributed by atoms with van der Waals surface area (Å²) in [5.74, 6) is 0. The van der Waals surface area contributed by atoms with Crippen LogP contribution in [0.2, 0.25) is 0 Å². The van der Waals surface area contributed by atoms with Crippen molar-refractivity contribution >= 4 is 55.0 Å². The van der Waals surface area contributed by atoms with Crippen molar-refractivity contribution in [2.75, 3.05) is 0 Å². The van der Waals surface area contributed by atoms with E-state index in [1.165, 1.54) is 10.8 Å². The molecule has 2 aromatic heterocycles. The number of nitriles is 1. The lowest BCUT2D eigenvalue weighted by atomic mass is 9.92. The second-order valence-electron chi connectivity index (χ2n) is 12.2. The Morgan fingerprint density at radius 3 is 1.66 bits per heavy atom. The molecule has 230 valence electrons. The molecule has 9 aromatic rings. The number of nitrogens with zero attached hydrogens (tertiary/aromatic N) is 5. The summed E-state index contributed by atoms with van der Waals surface area (Å²) < 4.78 is 4.47. The van der Waals surface area contributed by atoms with Crippen LogP contribution in [0, 0.1) is 24.5 Å². The van der Waals surface area contributed by atoms with E-state index in [-0.39, 0.29) is 0 Å². The fourth-order valence-corrected chi connectivity index (χ4v) is 7.41. The lowest BCUT2D eigenvalue weighted by Gasteiger charge is -2.18. The van der Waals surface area contributed by atoms with Crippen LogP contribution in [0.3, 0.4) is 0 Å². The maximum atomic E-state index is 10.2. The van der Waals surface area contributed by atoms with Gasteiger partial charge >= 0.3 is 0 Å². The Labute approximate surface area is 288 Å². The highest BCUT2D eigenvalue weighted by Crippen LogP contribution is 2.43. The summed E-state index contributed by atoms with van der Waals surface area (Å²) in [5.41, 5.74) is 11.1. The second-order valence-corrected chi connectivity index (χ2v) is 12.2. The van der Waals surface area contributed by atoms with Crippen LogP contribution in [0.5, 0.6) is 0 Å². The molecule has 0 fully saturated rings. The number of benzene rings is 7. The average Bonchev–Trinajstić information content (AvgIpc) is 3.70. The zero-order chi connectivity index (χ0) is 33.8. The minimum Gasteiger partial charge on any atom is -0.310 e. The van der Waals surface area contributed by atoms with Gasteiger partial charge in [-0.2, -0.15) is 5.26 Å². The van der Waals surface area contributed by atoms with Gasteiger partial charge < -0.3 is 9.13 Å². The minimum absolute atomic E-state index is 0.294. The zero-order valence-corrected chi connectivity index (χ0v) is 26.7. The normalized spacial score (nSPS) is 11.1. The van der Waals surface area contributed by atoms with E-state index in [4.69, 9.17) is 13.1 Å². The molecule has 0 aliphatic heterocycles. The molecule has 0 spiro atoms. The van der Waals surface area contributed by atoms with Gasteiger partial charge in [-0.15, -0.1) is 0 Å². The Morgan fingerprint density at radius 1 is 0.480 bits per heavy atom. The molecule has 0 N–H and O–H groups in total. The molecule has 7 aromatic carbocycles. The smallest absolute Gasteiger partial charge is 0.206 e. The van der Waals surface area contributed by atoms with Crippen LogP contribution < -0.4 is 0 Å². The monoisotopic (exact) mass is 635 g/mol. The highest BCUT2D eigenvalue weighted by Gasteiger charge is 2.21. The molecular formula is C45H25N5. The summed E-state index contributed by atoms with van der Waals surface area (Å²) in [6, 6.07) is 53.7. The number of aromatic nitrogens is 2. The van der Waals surface area contributed by atoms with E-state index in [9.17, 15) is 5.26 Å². The first-order chi connectivity index (χ1) is 24.7. The van der Waals surface area contributed by atoms with E-state index in [1.807, 2.05) is 54.6 Å². The van der Waals surface area contributed by atoms with Crippen molar-refractivity contribution in [2.45, 2.75) is 0 Å². The van der Waals surface area contributed by atoms with Gasteiger partial charge in [0.2, 0.25) is 5.69 Å². The van der Waals surface area contributed by atoms with E-state index < -0.39 is 0 Å². The van der Waals surface area contributed by atoms with E-state index in [2.05, 4.69) is 122 Å². The molecule has 0 bridgehead atoms. The Morgan fingerprint density at radius 2 is 1.04 bits per heavy atom. The Bertz CT molecular complexity index is 2900. The number of para-hydroxylation sites is 3. The molecule has 9 rings (SSSR count). The molecular weight excluding hydrogens is 611 g/mol. The van der Waals surface area contributed by atoms with Gasteiger partial charge in [-0.3, -0.25) is 0 Å². The molecule has 50 heavy (non-hydrogen) atoms. The number of fused-ring (bicyclic) bond motifs is 6. The van der Waals surface area contributed by atoms with Gasteiger partial charge in [-0.05, 0) is 76.7 Å². The fraction of sp³-hybridized carbons (Fsp3) is 0. The third-order valence-corrected chi connectivity index (χ3v) is 9.61.